The Bertz CT molecular complexity index is 497. The maximum atomic E-state index is 13.4. The molecule has 92 valence electrons. The van der Waals surface area contributed by atoms with Gasteiger partial charge in [-0.2, -0.15) is 0 Å². The molecule has 3 nitrogen and oxygen atoms in total. The topological polar surface area (TPSA) is 54.7 Å². The largest absolute Gasteiger partial charge is 0.342 e. The van der Waals surface area contributed by atoms with Gasteiger partial charge in [0.15, 0.2) is 0 Å². The number of halogens is 2. The summed E-state index contributed by atoms with van der Waals surface area (Å²) in [6.45, 7) is 4.73. The van der Waals surface area contributed by atoms with Crippen molar-refractivity contribution in [3.63, 3.8) is 0 Å². The first-order valence-corrected chi connectivity index (χ1v) is 6.37. The average molecular weight is 300 g/mol. The van der Waals surface area contributed by atoms with Crippen LogP contribution in [0.25, 0.3) is 11.0 Å². The first-order chi connectivity index (χ1) is 8.02. The molecular formula is C12H15BrFN3. The number of fused-ring (bicyclic) bond motifs is 1. The van der Waals surface area contributed by atoms with E-state index >= 15 is 0 Å². The van der Waals surface area contributed by atoms with Crippen LogP contribution in [-0.2, 0) is 0 Å². The van der Waals surface area contributed by atoms with Crippen molar-refractivity contribution in [1.82, 2.24) is 9.97 Å². The normalized spacial score (nSPS) is 13.5. The van der Waals surface area contributed by atoms with Crippen molar-refractivity contribution in [2.45, 2.75) is 19.8 Å². The zero-order valence-corrected chi connectivity index (χ0v) is 11.4. The number of H-pyrrole nitrogens is 1. The number of benzene rings is 1. The number of nitrogens with two attached hydrogens (primary N) is 1. The second kappa shape index (κ2) is 4.74. The zero-order chi connectivity index (χ0) is 12.6. The van der Waals surface area contributed by atoms with Gasteiger partial charge in [0.25, 0.3) is 0 Å². The summed E-state index contributed by atoms with van der Waals surface area (Å²) in [6.07, 6.45) is 0. The molecule has 1 unspecified atom stereocenters. The van der Waals surface area contributed by atoms with E-state index in [2.05, 4.69) is 39.7 Å². The van der Waals surface area contributed by atoms with Crippen molar-refractivity contribution in [3.05, 3.63) is 28.2 Å². The predicted octanol–water partition coefficient (Wildman–Crippen LogP) is 3.16. The van der Waals surface area contributed by atoms with Crippen molar-refractivity contribution in [2.75, 3.05) is 6.54 Å². The van der Waals surface area contributed by atoms with Crippen LogP contribution in [0.2, 0.25) is 0 Å². The number of aromatic nitrogens is 2. The summed E-state index contributed by atoms with van der Waals surface area (Å²) in [5.74, 6) is 1.11. The van der Waals surface area contributed by atoms with Gasteiger partial charge >= 0.3 is 0 Å². The lowest BCUT2D eigenvalue weighted by atomic mass is 9.95. The number of rotatable bonds is 3. The molecule has 3 N–H and O–H groups in total. The Morgan fingerprint density at radius 1 is 1.47 bits per heavy atom. The monoisotopic (exact) mass is 299 g/mol. The molecule has 0 saturated heterocycles. The third-order valence-electron chi connectivity index (χ3n) is 2.95. The van der Waals surface area contributed by atoms with Gasteiger partial charge in [-0.15, -0.1) is 0 Å². The van der Waals surface area contributed by atoms with Gasteiger partial charge in [-0.05, 0) is 27.9 Å². The van der Waals surface area contributed by atoms with Crippen molar-refractivity contribution >= 4 is 27.0 Å². The van der Waals surface area contributed by atoms with Crippen molar-refractivity contribution in [3.8, 4) is 0 Å². The smallest absolute Gasteiger partial charge is 0.139 e. The summed E-state index contributed by atoms with van der Waals surface area (Å²) in [5.41, 5.74) is 7.21. The van der Waals surface area contributed by atoms with E-state index in [-0.39, 0.29) is 11.7 Å². The number of imidazole rings is 1. The van der Waals surface area contributed by atoms with Gasteiger partial charge in [0.2, 0.25) is 0 Å². The molecule has 1 aromatic carbocycles. The summed E-state index contributed by atoms with van der Waals surface area (Å²) in [4.78, 5) is 7.62. The Balaban J connectivity index is 2.50. The number of nitrogens with zero attached hydrogens (tertiary/aromatic N) is 1. The fourth-order valence-electron chi connectivity index (χ4n) is 1.90. The minimum atomic E-state index is -0.290. The van der Waals surface area contributed by atoms with Crippen molar-refractivity contribution < 1.29 is 4.39 Å². The maximum absolute atomic E-state index is 13.4. The minimum absolute atomic E-state index is 0.171. The molecule has 0 fully saturated rings. The van der Waals surface area contributed by atoms with Gasteiger partial charge in [-0.25, -0.2) is 9.37 Å². The van der Waals surface area contributed by atoms with Gasteiger partial charge in [0.1, 0.15) is 11.6 Å². The fraction of sp³-hybridized carbons (Fsp3) is 0.417. The van der Waals surface area contributed by atoms with E-state index < -0.39 is 0 Å². The Kier molecular flexibility index (Phi) is 3.49. The van der Waals surface area contributed by atoms with E-state index in [0.29, 0.717) is 22.5 Å². The molecule has 5 heteroatoms. The molecule has 1 heterocycles. The Morgan fingerprint density at radius 3 is 2.76 bits per heavy atom. The predicted molar refractivity (Wildman–Crippen MR) is 70.4 cm³/mol. The van der Waals surface area contributed by atoms with Crippen molar-refractivity contribution in [2.24, 2.45) is 11.7 Å². The number of nitrogens with one attached hydrogen (secondary N) is 1. The zero-order valence-electron chi connectivity index (χ0n) is 9.80. The molecule has 0 aliphatic carbocycles. The Morgan fingerprint density at radius 2 is 2.18 bits per heavy atom. The summed E-state index contributed by atoms with van der Waals surface area (Å²) in [6, 6.07) is 3.13. The van der Waals surface area contributed by atoms with Gasteiger partial charge in [0.05, 0.1) is 15.5 Å². The Hall–Kier alpha value is -0.940. The first-order valence-electron chi connectivity index (χ1n) is 5.57. The second-order valence-corrected chi connectivity index (χ2v) is 5.35. The molecule has 2 aromatic rings. The molecule has 2 rings (SSSR count). The molecule has 0 saturated carbocycles. The van der Waals surface area contributed by atoms with E-state index in [1.165, 1.54) is 6.07 Å². The summed E-state index contributed by atoms with van der Waals surface area (Å²) in [5, 5.41) is 0. The van der Waals surface area contributed by atoms with Crippen LogP contribution < -0.4 is 5.73 Å². The SMILES string of the molecule is CC(C)C(CN)c1nc2cc(Br)c(F)cc2[nH]1. The van der Waals surface area contributed by atoms with E-state index in [0.717, 1.165) is 11.3 Å². The molecule has 17 heavy (non-hydrogen) atoms. The fourth-order valence-corrected chi connectivity index (χ4v) is 2.23. The number of aromatic amines is 1. The molecule has 1 atom stereocenters. The van der Waals surface area contributed by atoms with Crippen LogP contribution in [0.3, 0.4) is 0 Å². The second-order valence-electron chi connectivity index (χ2n) is 4.49. The van der Waals surface area contributed by atoms with Crippen LogP contribution in [0.5, 0.6) is 0 Å². The van der Waals surface area contributed by atoms with E-state index in [1.807, 2.05) is 0 Å². The van der Waals surface area contributed by atoms with Crippen molar-refractivity contribution in [1.29, 1.82) is 0 Å². The summed E-state index contributed by atoms with van der Waals surface area (Å²) >= 11 is 3.16. The highest BCUT2D eigenvalue weighted by atomic mass is 79.9. The molecule has 1 aromatic heterocycles. The van der Waals surface area contributed by atoms with Gasteiger partial charge < -0.3 is 10.7 Å². The molecule has 0 spiro atoms. The minimum Gasteiger partial charge on any atom is -0.342 e. The standard InChI is InChI=1S/C12H15BrFN3/c1-6(2)7(5-15)12-16-10-3-8(13)9(14)4-11(10)17-12/h3-4,6-7H,5,15H2,1-2H3,(H,16,17). The lowest BCUT2D eigenvalue weighted by molar-refractivity contribution is 0.488. The molecule has 0 amide bonds. The molecule has 0 bridgehead atoms. The third kappa shape index (κ3) is 2.35. The molecule has 0 radical (unpaired) electrons. The van der Waals surface area contributed by atoms with Gasteiger partial charge in [-0.1, -0.05) is 13.8 Å². The summed E-state index contributed by atoms with van der Waals surface area (Å²) < 4.78 is 13.8. The quantitative estimate of drug-likeness (QED) is 0.915. The van der Waals surface area contributed by atoms with Crippen LogP contribution in [0, 0.1) is 11.7 Å². The van der Waals surface area contributed by atoms with Crippen LogP contribution >= 0.6 is 15.9 Å². The molecule has 0 aliphatic rings. The Labute approximate surface area is 108 Å². The van der Waals surface area contributed by atoms with Crippen LogP contribution in [0.1, 0.15) is 25.6 Å². The molecule has 0 aliphatic heterocycles. The van der Waals surface area contributed by atoms with Gasteiger partial charge in [-0.3, -0.25) is 0 Å². The highest BCUT2D eigenvalue weighted by Gasteiger charge is 2.18. The lowest BCUT2D eigenvalue weighted by Gasteiger charge is -2.15. The lowest BCUT2D eigenvalue weighted by Crippen LogP contribution is -2.18. The first kappa shape index (κ1) is 12.5. The number of hydrogen-bond donors (Lipinski definition) is 2. The van der Waals surface area contributed by atoms with E-state index in [9.17, 15) is 4.39 Å². The number of hydrogen-bond acceptors (Lipinski definition) is 2. The van der Waals surface area contributed by atoms with Crippen LogP contribution in [0.15, 0.2) is 16.6 Å². The van der Waals surface area contributed by atoms with Crippen LogP contribution in [0.4, 0.5) is 4.39 Å². The van der Waals surface area contributed by atoms with E-state index in [4.69, 9.17) is 5.73 Å². The third-order valence-corrected chi connectivity index (χ3v) is 3.56. The van der Waals surface area contributed by atoms with Gasteiger partial charge in [0, 0.05) is 18.5 Å². The maximum Gasteiger partial charge on any atom is 0.139 e. The average Bonchev–Trinajstić information content (AvgIpc) is 2.61. The summed E-state index contributed by atoms with van der Waals surface area (Å²) in [7, 11) is 0. The molecular weight excluding hydrogens is 285 g/mol. The highest BCUT2D eigenvalue weighted by Crippen LogP contribution is 2.26. The van der Waals surface area contributed by atoms with Crippen LogP contribution in [-0.4, -0.2) is 16.5 Å². The highest BCUT2D eigenvalue weighted by molar-refractivity contribution is 9.10. The van der Waals surface area contributed by atoms with E-state index in [1.54, 1.807) is 6.07 Å².